The van der Waals surface area contributed by atoms with E-state index in [1.807, 2.05) is 6.08 Å². The Bertz CT molecular complexity index is 180. The van der Waals surface area contributed by atoms with Gasteiger partial charge < -0.3 is 10.1 Å². The van der Waals surface area contributed by atoms with Gasteiger partial charge in [-0.2, -0.15) is 0 Å². The van der Waals surface area contributed by atoms with Crippen LogP contribution in [0.2, 0.25) is 0 Å². The Balaban J connectivity index is 2.14. The van der Waals surface area contributed by atoms with Crippen molar-refractivity contribution in [2.75, 3.05) is 6.54 Å². The Morgan fingerprint density at radius 3 is 3.09 bits per heavy atom. The van der Waals surface area contributed by atoms with E-state index in [1.54, 1.807) is 0 Å². The maximum absolute atomic E-state index is 5.87. The highest BCUT2D eigenvalue weighted by Crippen LogP contribution is 2.37. The first kappa shape index (κ1) is 7.32. The number of ether oxygens (including phenoxy) is 1. The fourth-order valence-electron chi connectivity index (χ4n) is 2.13. The van der Waals surface area contributed by atoms with Gasteiger partial charge in [0.05, 0.1) is 6.10 Å². The predicted octanol–water partition coefficient (Wildman–Crippen LogP) is 1.08. The molecule has 0 radical (unpaired) electrons. The maximum atomic E-state index is 5.87. The van der Waals surface area contributed by atoms with Crippen LogP contribution in [0.1, 0.15) is 19.8 Å². The van der Waals surface area contributed by atoms with Gasteiger partial charge in [0, 0.05) is 12.6 Å². The molecule has 2 aliphatic rings. The topological polar surface area (TPSA) is 21.3 Å². The summed E-state index contributed by atoms with van der Waals surface area (Å²) in [5.41, 5.74) is -0.0225. The summed E-state index contributed by atoms with van der Waals surface area (Å²) in [6, 6.07) is 0.581. The first-order valence-corrected chi connectivity index (χ1v) is 4.34. The molecule has 62 valence electrons. The van der Waals surface area contributed by atoms with Crippen LogP contribution in [0.15, 0.2) is 12.7 Å². The Hall–Kier alpha value is -0.340. The molecule has 0 aliphatic carbocycles. The molecule has 1 N–H and O–H groups in total. The van der Waals surface area contributed by atoms with E-state index in [0.717, 1.165) is 19.4 Å². The van der Waals surface area contributed by atoms with Crippen molar-refractivity contribution in [1.82, 2.24) is 5.32 Å². The van der Waals surface area contributed by atoms with E-state index >= 15 is 0 Å². The van der Waals surface area contributed by atoms with Crippen LogP contribution in [0.25, 0.3) is 0 Å². The summed E-state index contributed by atoms with van der Waals surface area (Å²) in [5.74, 6) is 0. The zero-order valence-corrected chi connectivity index (χ0v) is 6.97. The minimum atomic E-state index is -0.0225. The molecule has 0 spiro atoms. The quantitative estimate of drug-likeness (QED) is 0.599. The molecule has 2 fully saturated rings. The molecular weight excluding hydrogens is 138 g/mol. The van der Waals surface area contributed by atoms with Gasteiger partial charge in [-0.25, -0.2) is 0 Å². The SMILES string of the molecule is C=C[C@@]12CNC(C1)[C@H](CC)O2. The Labute approximate surface area is 67.6 Å². The minimum Gasteiger partial charge on any atom is -0.365 e. The normalized spacial score (nSPS) is 48.1. The lowest BCUT2D eigenvalue weighted by Crippen LogP contribution is -2.43. The zero-order valence-electron chi connectivity index (χ0n) is 6.97. The lowest BCUT2D eigenvalue weighted by atomic mass is 10.0. The number of hydrogen-bond acceptors (Lipinski definition) is 2. The number of nitrogens with one attached hydrogen (secondary N) is 1. The predicted molar refractivity (Wildman–Crippen MR) is 44.5 cm³/mol. The smallest absolute Gasteiger partial charge is 0.100 e. The highest BCUT2D eigenvalue weighted by Gasteiger charge is 2.49. The Morgan fingerprint density at radius 1 is 1.82 bits per heavy atom. The van der Waals surface area contributed by atoms with Gasteiger partial charge in [-0.15, -0.1) is 6.58 Å². The van der Waals surface area contributed by atoms with Crippen molar-refractivity contribution in [2.45, 2.75) is 37.5 Å². The summed E-state index contributed by atoms with van der Waals surface area (Å²) in [5, 5.41) is 3.45. The molecule has 2 rings (SSSR count). The second-order valence-electron chi connectivity index (χ2n) is 3.52. The molecule has 2 heteroatoms. The van der Waals surface area contributed by atoms with Crippen molar-refractivity contribution in [3.05, 3.63) is 12.7 Å². The molecule has 1 unspecified atom stereocenters. The fraction of sp³-hybridized carbons (Fsp3) is 0.778. The molecule has 0 aromatic rings. The first-order valence-electron chi connectivity index (χ1n) is 4.34. The van der Waals surface area contributed by atoms with Gasteiger partial charge in [-0.1, -0.05) is 13.0 Å². The van der Waals surface area contributed by atoms with Gasteiger partial charge in [0.1, 0.15) is 5.60 Å². The molecule has 2 heterocycles. The summed E-state index contributed by atoms with van der Waals surface area (Å²) in [4.78, 5) is 0. The van der Waals surface area contributed by atoms with E-state index in [2.05, 4.69) is 18.8 Å². The minimum absolute atomic E-state index is 0.0225. The molecule has 0 aromatic carbocycles. The van der Waals surface area contributed by atoms with Gasteiger partial charge in [0.15, 0.2) is 0 Å². The molecule has 2 bridgehead atoms. The zero-order chi connectivity index (χ0) is 7.90. The van der Waals surface area contributed by atoms with Crippen molar-refractivity contribution in [2.24, 2.45) is 0 Å². The molecule has 3 atom stereocenters. The van der Waals surface area contributed by atoms with Crippen LogP contribution in [0.4, 0.5) is 0 Å². The van der Waals surface area contributed by atoms with Crippen LogP contribution in [0.3, 0.4) is 0 Å². The lowest BCUT2D eigenvalue weighted by molar-refractivity contribution is -0.0301. The van der Waals surface area contributed by atoms with Crippen molar-refractivity contribution in [1.29, 1.82) is 0 Å². The van der Waals surface area contributed by atoms with Gasteiger partial charge in [0.25, 0.3) is 0 Å². The second-order valence-corrected chi connectivity index (χ2v) is 3.52. The molecule has 11 heavy (non-hydrogen) atoms. The molecule has 0 amide bonds. The summed E-state index contributed by atoms with van der Waals surface area (Å²) in [6.07, 6.45) is 4.60. The van der Waals surface area contributed by atoms with Crippen molar-refractivity contribution in [3.63, 3.8) is 0 Å². The van der Waals surface area contributed by atoms with Crippen molar-refractivity contribution < 1.29 is 4.74 Å². The van der Waals surface area contributed by atoms with Crippen molar-refractivity contribution in [3.8, 4) is 0 Å². The van der Waals surface area contributed by atoms with Crippen LogP contribution in [-0.2, 0) is 4.74 Å². The van der Waals surface area contributed by atoms with Crippen molar-refractivity contribution >= 4 is 0 Å². The standard InChI is InChI=1S/C9H15NO/c1-3-8-7-5-9(4-2,11-8)6-10-7/h4,7-8,10H,2-3,5-6H2,1H3/t7?,8-,9-/m0/s1. The summed E-state index contributed by atoms with van der Waals surface area (Å²) >= 11 is 0. The average molecular weight is 153 g/mol. The van der Waals surface area contributed by atoms with Crippen LogP contribution in [0, 0.1) is 0 Å². The number of rotatable bonds is 2. The molecule has 0 saturated carbocycles. The summed E-state index contributed by atoms with van der Waals surface area (Å²) < 4.78 is 5.87. The second kappa shape index (κ2) is 2.32. The third kappa shape index (κ3) is 0.932. The first-order chi connectivity index (χ1) is 5.29. The highest BCUT2D eigenvalue weighted by molar-refractivity contribution is 5.13. The van der Waals surface area contributed by atoms with Crippen LogP contribution < -0.4 is 5.32 Å². The van der Waals surface area contributed by atoms with E-state index in [9.17, 15) is 0 Å². The van der Waals surface area contributed by atoms with Crippen LogP contribution in [0.5, 0.6) is 0 Å². The van der Waals surface area contributed by atoms with E-state index in [0.29, 0.717) is 12.1 Å². The average Bonchev–Trinajstić information content (AvgIpc) is 2.61. The molecule has 0 aromatic heterocycles. The summed E-state index contributed by atoms with van der Waals surface area (Å²) in [6.45, 7) is 6.94. The molecule has 2 aliphatic heterocycles. The van der Waals surface area contributed by atoms with E-state index < -0.39 is 0 Å². The van der Waals surface area contributed by atoms with E-state index in [1.165, 1.54) is 0 Å². The molecular formula is C9H15NO. The molecule has 2 saturated heterocycles. The third-order valence-corrected chi connectivity index (χ3v) is 2.84. The van der Waals surface area contributed by atoms with Crippen LogP contribution >= 0.6 is 0 Å². The van der Waals surface area contributed by atoms with Crippen LogP contribution in [-0.4, -0.2) is 24.3 Å². The van der Waals surface area contributed by atoms with E-state index in [-0.39, 0.29) is 5.60 Å². The number of fused-ring (bicyclic) bond motifs is 2. The Kier molecular flexibility index (Phi) is 1.55. The lowest BCUT2D eigenvalue weighted by Gasteiger charge is -2.28. The highest BCUT2D eigenvalue weighted by atomic mass is 16.5. The van der Waals surface area contributed by atoms with Gasteiger partial charge in [-0.3, -0.25) is 0 Å². The summed E-state index contributed by atoms with van der Waals surface area (Å²) in [7, 11) is 0. The number of hydrogen-bond donors (Lipinski definition) is 1. The van der Waals surface area contributed by atoms with E-state index in [4.69, 9.17) is 4.74 Å². The molecule has 2 nitrogen and oxygen atoms in total. The monoisotopic (exact) mass is 153 g/mol. The van der Waals surface area contributed by atoms with Gasteiger partial charge >= 0.3 is 0 Å². The maximum Gasteiger partial charge on any atom is 0.100 e. The third-order valence-electron chi connectivity index (χ3n) is 2.84. The van der Waals surface area contributed by atoms with Gasteiger partial charge in [-0.05, 0) is 12.8 Å². The largest absolute Gasteiger partial charge is 0.365 e. The van der Waals surface area contributed by atoms with Gasteiger partial charge in [0.2, 0.25) is 0 Å². The number of morpholine rings is 1. The Morgan fingerprint density at radius 2 is 2.64 bits per heavy atom. The fourth-order valence-corrected chi connectivity index (χ4v) is 2.13.